The van der Waals surface area contributed by atoms with Crippen LogP contribution in [0.5, 0.6) is 0 Å². The van der Waals surface area contributed by atoms with Gasteiger partial charge in [0.05, 0.1) is 10.6 Å². The Morgan fingerprint density at radius 3 is 2.58 bits per heavy atom. The SMILES string of the molecule is CNc1ncc(C(=O)N2CC(=O)NC(=O)C2)cc1Cl. The molecule has 0 atom stereocenters. The first-order valence-electron chi connectivity index (χ1n) is 5.46. The van der Waals surface area contributed by atoms with Crippen LogP contribution in [0.2, 0.25) is 5.02 Å². The molecule has 0 aliphatic carbocycles. The summed E-state index contributed by atoms with van der Waals surface area (Å²) >= 11 is 5.93. The number of pyridine rings is 1. The molecule has 8 heteroatoms. The molecule has 0 unspecified atom stereocenters. The van der Waals surface area contributed by atoms with E-state index in [9.17, 15) is 14.4 Å². The number of hydrogen-bond donors (Lipinski definition) is 2. The molecule has 2 rings (SSSR count). The van der Waals surface area contributed by atoms with E-state index in [1.54, 1.807) is 7.05 Å². The Kier molecular flexibility index (Phi) is 3.66. The number of piperazine rings is 1. The topological polar surface area (TPSA) is 91.4 Å². The van der Waals surface area contributed by atoms with E-state index in [-0.39, 0.29) is 18.7 Å². The molecule has 2 N–H and O–H groups in total. The van der Waals surface area contributed by atoms with E-state index in [2.05, 4.69) is 15.6 Å². The Bertz CT molecular complexity index is 545. The van der Waals surface area contributed by atoms with Crippen molar-refractivity contribution in [3.8, 4) is 0 Å². The monoisotopic (exact) mass is 282 g/mol. The van der Waals surface area contributed by atoms with E-state index in [1.165, 1.54) is 12.3 Å². The third kappa shape index (κ3) is 2.82. The van der Waals surface area contributed by atoms with Gasteiger partial charge in [0, 0.05) is 13.2 Å². The largest absolute Gasteiger partial charge is 0.372 e. The summed E-state index contributed by atoms with van der Waals surface area (Å²) < 4.78 is 0. The molecule has 1 aliphatic rings. The predicted molar refractivity (Wildman–Crippen MR) is 67.8 cm³/mol. The van der Waals surface area contributed by atoms with Gasteiger partial charge in [-0.3, -0.25) is 19.7 Å². The zero-order valence-electron chi connectivity index (χ0n) is 10.1. The molecule has 2 heterocycles. The number of nitrogens with one attached hydrogen (secondary N) is 2. The number of carbonyl (C=O) groups is 3. The summed E-state index contributed by atoms with van der Waals surface area (Å²) in [5, 5.41) is 5.18. The second-order valence-corrected chi connectivity index (χ2v) is 4.34. The first-order valence-corrected chi connectivity index (χ1v) is 5.84. The van der Waals surface area contributed by atoms with E-state index >= 15 is 0 Å². The second-order valence-electron chi connectivity index (χ2n) is 3.94. The number of hydrogen-bond acceptors (Lipinski definition) is 5. The quantitative estimate of drug-likeness (QED) is 0.738. The van der Waals surface area contributed by atoms with Gasteiger partial charge in [0.25, 0.3) is 5.91 Å². The Balaban J connectivity index is 2.21. The van der Waals surface area contributed by atoms with Gasteiger partial charge in [0.15, 0.2) is 0 Å². The van der Waals surface area contributed by atoms with Crippen molar-refractivity contribution in [2.75, 3.05) is 25.5 Å². The normalized spacial score (nSPS) is 15.2. The first kappa shape index (κ1) is 13.3. The highest BCUT2D eigenvalue weighted by Crippen LogP contribution is 2.20. The zero-order chi connectivity index (χ0) is 14.0. The maximum absolute atomic E-state index is 12.1. The van der Waals surface area contributed by atoms with Crippen LogP contribution in [0.1, 0.15) is 10.4 Å². The van der Waals surface area contributed by atoms with Crippen LogP contribution in [-0.4, -0.2) is 47.7 Å². The van der Waals surface area contributed by atoms with Crippen molar-refractivity contribution in [2.45, 2.75) is 0 Å². The van der Waals surface area contributed by atoms with E-state index in [4.69, 9.17) is 11.6 Å². The highest BCUT2D eigenvalue weighted by atomic mass is 35.5. The third-order valence-corrected chi connectivity index (χ3v) is 2.85. The van der Waals surface area contributed by atoms with Crippen LogP contribution in [-0.2, 0) is 9.59 Å². The van der Waals surface area contributed by atoms with Crippen molar-refractivity contribution in [1.29, 1.82) is 0 Å². The number of halogens is 1. The molecule has 0 spiro atoms. The number of rotatable bonds is 2. The first-order chi connectivity index (χ1) is 9.01. The van der Waals surface area contributed by atoms with Gasteiger partial charge in [0.2, 0.25) is 11.8 Å². The smallest absolute Gasteiger partial charge is 0.256 e. The lowest BCUT2D eigenvalue weighted by molar-refractivity contribution is -0.135. The molecule has 1 aromatic heterocycles. The van der Waals surface area contributed by atoms with Crippen molar-refractivity contribution in [1.82, 2.24) is 15.2 Å². The van der Waals surface area contributed by atoms with Gasteiger partial charge in [-0.1, -0.05) is 11.6 Å². The third-order valence-electron chi connectivity index (χ3n) is 2.56. The van der Waals surface area contributed by atoms with Crippen LogP contribution < -0.4 is 10.6 Å². The number of imide groups is 1. The average molecular weight is 283 g/mol. The van der Waals surface area contributed by atoms with Gasteiger partial charge in [-0.15, -0.1) is 0 Å². The maximum atomic E-state index is 12.1. The summed E-state index contributed by atoms with van der Waals surface area (Å²) in [4.78, 5) is 39.7. The van der Waals surface area contributed by atoms with Crippen molar-refractivity contribution in [3.05, 3.63) is 22.8 Å². The minimum absolute atomic E-state index is 0.157. The maximum Gasteiger partial charge on any atom is 0.256 e. The summed E-state index contributed by atoms with van der Waals surface area (Å²) in [6.07, 6.45) is 1.34. The van der Waals surface area contributed by atoms with Gasteiger partial charge in [-0.25, -0.2) is 4.98 Å². The van der Waals surface area contributed by atoms with Gasteiger partial charge in [-0.2, -0.15) is 0 Å². The van der Waals surface area contributed by atoms with Crippen molar-refractivity contribution in [2.24, 2.45) is 0 Å². The fraction of sp³-hybridized carbons (Fsp3) is 0.273. The lowest BCUT2D eigenvalue weighted by atomic mass is 10.2. The second kappa shape index (κ2) is 5.23. The van der Waals surface area contributed by atoms with Crippen molar-refractivity contribution in [3.63, 3.8) is 0 Å². The minimum Gasteiger partial charge on any atom is -0.372 e. The lowest BCUT2D eigenvalue weighted by Crippen LogP contribution is -2.53. The van der Waals surface area contributed by atoms with E-state index in [1.807, 2.05) is 0 Å². The van der Waals surface area contributed by atoms with E-state index < -0.39 is 17.7 Å². The molecule has 3 amide bonds. The number of amides is 3. The molecular formula is C11H11ClN4O3. The molecule has 1 aliphatic heterocycles. The number of carbonyl (C=O) groups excluding carboxylic acids is 3. The number of nitrogens with zero attached hydrogens (tertiary/aromatic N) is 2. The Labute approximate surface area is 113 Å². The predicted octanol–water partition coefficient (Wildman–Crippen LogP) is -0.125. The van der Waals surface area contributed by atoms with Gasteiger partial charge in [-0.05, 0) is 6.07 Å². The fourth-order valence-electron chi connectivity index (χ4n) is 1.70. The Morgan fingerprint density at radius 1 is 1.42 bits per heavy atom. The van der Waals surface area contributed by atoms with Gasteiger partial charge < -0.3 is 10.2 Å². The number of aromatic nitrogens is 1. The highest BCUT2D eigenvalue weighted by molar-refractivity contribution is 6.33. The Hall–Kier alpha value is -2.15. The summed E-state index contributed by atoms with van der Waals surface area (Å²) in [5.74, 6) is -1.02. The highest BCUT2D eigenvalue weighted by Gasteiger charge is 2.27. The van der Waals surface area contributed by atoms with Gasteiger partial charge in [0.1, 0.15) is 18.9 Å². The summed E-state index contributed by atoms with van der Waals surface area (Å²) in [7, 11) is 1.66. The van der Waals surface area contributed by atoms with Gasteiger partial charge >= 0.3 is 0 Å². The average Bonchev–Trinajstić information content (AvgIpc) is 2.36. The lowest BCUT2D eigenvalue weighted by Gasteiger charge is -2.25. The summed E-state index contributed by atoms with van der Waals surface area (Å²) in [6, 6.07) is 1.44. The van der Waals surface area contributed by atoms with Crippen LogP contribution in [0.3, 0.4) is 0 Å². The standard InChI is InChI=1S/C11H11ClN4O3/c1-13-10-7(12)2-6(3-14-10)11(19)16-4-8(17)15-9(18)5-16/h2-3H,4-5H2,1H3,(H,13,14)(H,15,17,18). The fourth-order valence-corrected chi connectivity index (χ4v) is 1.96. The summed E-state index contributed by atoms with van der Waals surface area (Å²) in [6.45, 7) is -0.314. The van der Waals surface area contributed by atoms with E-state index in [0.29, 0.717) is 10.8 Å². The van der Waals surface area contributed by atoms with Crippen LogP contribution >= 0.6 is 11.6 Å². The molecule has 0 bridgehead atoms. The number of anilines is 1. The molecule has 100 valence electrons. The van der Waals surface area contributed by atoms with Crippen LogP contribution in [0.25, 0.3) is 0 Å². The molecule has 0 aromatic carbocycles. The van der Waals surface area contributed by atoms with Crippen molar-refractivity contribution < 1.29 is 14.4 Å². The van der Waals surface area contributed by atoms with Crippen LogP contribution in [0.4, 0.5) is 5.82 Å². The van der Waals surface area contributed by atoms with E-state index in [0.717, 1.165) is 4.90 Å². The molecule has 7 nitrogen and oxygen atoms in total. The molecule has 1 fully saturated rings. The van der Waals surface area contributed by atoms with Crippen LogP contribution in [0, 0.1) is 0 Å². The molecule has 1 aromatic rings. The molecule has 0 radical (unpaired) electrons. The Morgan fingerprint density at radius 2 is 2.05 bits per heavy atom. The summed E-state index contributed by atoms with van der Waals surface area (Å²) in [5.41, 5.74) is 0.228. The zero-order valence-corrected chi connectivity index (χ0v) is 10.8. The van der Waals surface area contributed by atoms with Crippen LogP contribution in [0.15, 0.2) is 12.3 Å². The molecular weight excluding hydrogens is 272 g/mol. The molecule has 1 saturated heterocycles. The molecule has 19 heavy (non-hydrogen) atoms. The van der Waals surface area contributed by atoms with Crippen molar-refractivity contribution >= 4 is 35.1 Å². The minimum atomic E-state index is -0.504. The molecule has 0 saturated carbocycles.